The summed E-state index contributed by atoms with van der Waals surface area (Å²) in [7, 11) is 0. The van der Waals surface area contributed by atoms with Crippen LogP contribution < -0.4 is 0 Å². The SMILES string of the molecule is C[CH2][SnH+2].[O-2]. The maximum Gasteiger partial charge on any atom is -2.00 e. The molecule has 0 N–H and O–H groups in total. The van der Waals surface area contributed by atoms with E-state index < -0.39 is 0 Å². The second-order valence-electron chi connectivity index (χ2n) is 0.408. The Morgan fingerprint density at radius 1 is 1.75 bits per heavy atom. The zero-order valence-electron chi connectivity index (χ0n) is 2.69. The Morgan fingerprint density at radius 2 is 1.75 bits per heavy atom. The van der Waals surface area contributed by atoms with Gasteiger partial charge in [0, 0.05) is 0 Å². The summed E-state index contributed by atoms with van der Waals surface area (Å²) < 4.78 is 1.38. The number of hydrogen-bond acceptors (Lipinski definition) is 0. The molecule has 0 heterocycles. The Balaban J connectivity index is 0. The van der Waals surface area contributed by atoms with Crippen molar-refractivity contribution in [3.63, 3.8) is 0 Å². The molecule has 0 aromatic carbocycles. The summed E-state index contributed by atoms with van der Waals surface area (Å²) in [5.74, 6) is 0. The van der Waals surface area contributed by atoms with Crippen molar-refractivity contribution in [1.29, 1.82) is 0 Å². The fraction of sp³-hybridized carbons (Fsp3) is 1.00. The molecule has 0 fully saturated rings. The topological polar surface area (TPSA) is 28.5 Å². The summed E-state index contributed by atoms with van der Waals surface area (Å²) in [4.78, 5) is 0. The van der Waals surface area contributed by atoms with Crippen molar-refractivity contribution in [2.45, 2.75) is 11.4 Å². The summed E-state index contributed by atoms with van der Waals surface area (Å²) in [6, 6.07) is 0. The monoisotopic (exact) mass is 166 g/mol. The van der Waals surface area contributed by atoms with E-state index in [9.17, 15) is 0 Å². The van der Waals surface area contributed by atoms with Gasteiger partial charge in [-0.25, -0.2) is 0 Å². The van der Waals surface area contributed by atoms with Crippen molar-refractivity contribution in [3.8, 4) is 0 Å². The van der Waals surface area contributed by atoms with Gasteiger partial charge in [-0.1, -0.05) is 0 Å². The molecule has 0 saturated heterocycles. The zero-order valence-corrected chi connectivity index (χ0v) is 5.99. The maximum atomic E-state index is 2.18. The van der Waals surface area contributed by atoms with Crippen molar-refractivity contribution in [2.24, 2.45) is 0 Å². The third-order valence-electron chi connectivity index (χ3n) is 0. The molecule has 0 amide bonds. The van der Waals surface area contributed by atoms with E-state index in [1.165, 1.54) is 27.0 Å². The van der Waals surface area contributed by atoms with E-state index in [2.05, 4.69) is 6.92 Å². The van der Waals surface area contributed by atoms with Gasteiger partial charge in [0.15, 0.2) is 0 Å². The van der Waals surface area contributed by atoms with Gasteiger partial charge in [-0.3, -0.25) is 0 Å². The quantitative estimate of drug-likeness (QED) is 0.458. The summed E-state index contributed by atoms with van der Waals surface area (Å²) in [5.41, 5.74) is 0. The largest absolute Gasteiger partial charge is 2.00 e. The minimum Gasteiger partial charge on any atom is -2.00 e. The predicted octanol–water partition coefficient (Wildman–Crippen LogP) is 0.207. The first-order valence-electron chi connectivity index (χ1n) is 1.12. The normalized spacial score (nSPS) is 4.00. The smallest absolute Gasteiger partial charge is 2.00 e. The van der Waals surface area contributed by atoms with Crippen LogP contribution in [-0.2, 0) is 5.48 Å². The van der Waals surface area contributed by atoms with Crippen molar-refractivity contribution in [3.05, 3.63) is 0 Å². The fourth-order valence-electron chi connectivity index (χ4n) is 0. The van der Waals surface area contributed by atoms with Gasteiger partial charge < -0.3 is 5.48 Å². The van der Waals surface area contributed by atoms with Gasteiger partial charge in [-0.15, -0.1) is 0 Å². The van der Waals surface area contributed by atoms with E-state index in [0.717, 1.165) is 0 Å². The van der Waals surface area contributed by atoms with Crippen LogP contribution in [0.2, 0.25) is 4.44 Å². The first-order valence-corrected chi connectivity index (χ1v) is 3.45. The zero-order chi connectivity index (χ0) is 2.71. The van der Waals surface area contributed by atoms with Gasteiger partial charge in [0.2, 0.25) is 0 Å². The second kappa shape index (κ2) is 9.25. The van der Waals surface area contributed by atoms with E-state index >= 15 is 0 Å². The Labute approximate surface area is 39.8 Å². The third kappa shape index (κ3) is 14.8. The third-order valence-corrected chi connectivity index (χ3v) is 0. The van der Waals surface area contributed by atoms with Gasteiger partial charge in [-0.2, -0.15) is 0 Å². The molecule has 0 aromatic heterocycles. The van der Waals surface area contributed by atoms with Crippen molar-refractivity contribution in [1.82, 2.24) is 0 Å². The van der Waals surface area contributed by atoms with Crippen LogP contribution in [0.1, 0.15) is 6.92 Å². The molecule has 0 aliphatic carbocycles. The van der Waals surface area contributed by atoms with E-state index in [-0.39, 0.29) is 5.48 Å². The average molecular weight is 165 g/mol. The first kappa shape index (κ1) is 8.83. The molecule has 0 bridgehead atoms. The van der Waals surface area contributed by atoms with Crippen molar-refractivity contribution >= 4 is 22.5 Å². The van der Waals surface area contributed by atoms with Gasteiger partial charge in [0.1, 0.15) is 0 Å². The first-order chi connectivity index (χ1) is 1.41. The molecule has 0 aliphatic heterocycles. The number of hydrogen-bond donors (Lipinski definition) is 0. The van der Waals surface area contributed by atoms with Crippen LogP contribution in [0.4, 0.5) is 0 Å². The maximum absolute atomic E-state index is 2.18. The molecule has 4 heavy (non-hydrogen) atoms. The van der Waals surface area contributed by atoms with Crippen LogP contribution in [0.3, 0.4) is 0 Å². The molecule has 0 aromatic rings. The van der Waals surface area contributed by atoms with Crippen LogP contribution in [0.5, 0.6) is 0 Å². The standard InChI is InChI=1S/C2H5.O.Sn.H/c1-2;;;/h1H2,2H3;;;/q;-2;+2;. The van der Waals surface area contributed by atoms with E-state index in [0.29, 0.717) is 0 Å². The molecule has 0 atom stereocenters. The van der Waals surface area contributed by atoms with Crippen molar-refractivity contribution in [2.75, 3.05) is 0 Å². The molecule has 1 nitrogen and oxygen atoms in total. The van der Waals surface area contributed by atoms with Gasteiger partial charge >= 0.3 is 33.9 Å². The Bertz CT molecular complexity index is 6.00. The average Bonchev–Trinajstić information content (AvgIpc) is 0.918. The summed E-state index contributed by atoms with van der Waals surface area (Å²) in [6.07, 6.45) is 0. The predicted molar refractivity (Wildman–Crippen MR) is 18.3 cm³/mol. The molecule has 2 heteroatoms. The van der Waals surface area contributed by atoms with E-state index in [1.807, 2.05) is 0 Å². The molecular formula is C2H6OSn. The Kier molecular flexibility index (Phi) is 20.4. The van der Waals surface area contributed by atoms with Crippen LogP contribution in [-0.4, -0.2) is 22.5 Å². The molecule has 0 aliphatic rings. The van der Waals surface area contributed by atoms with Crippen LogP contribution in [0.25, 0.3) is 0 Å². The van der Waals surface area contributed by atoms with Crippen LogP contribution in [0, 0.1) is 0 Å². The summed E-state index contributed by atoms with van der Waals surface area (Å²) in [6.45, 7) is 2.18. The molecule has 24 valence electrons. The van der Waals surface area contributed by atoms with Crippen molar-refractivity contribution < 1.29 is 5.48 Å². The molecule has 0 radical (unpaired) electrons. The van der Waals surface area contributed by atoms with E-state index in [4.69, 9.17) is 0 Å². The van der Waals surface area contributed by atoms with Gasteiger partial charge in [0.05, 0.1) is 0 Å². The summed E-state index contributed by atoms with van der Waals surface area (Å²) >= 11 is 1.42. The van der Waals surface area contributed by atoms with Crippen LogP contribution >= 0.6 is 0 Å². The minimum absolute atomic E-state index is 0. The summed E-state index contributed by atoms with van der Waals surface area (Å²) in [5, 5.41) is 0. The molecule has 0 rings (SSSR count). The van der Waals surface area contributed by atoms with E-state index in [1.54, 1.807) is 0 Å². The second-order valence-corrected chi connectivity index (χ2v) is 2.74. The fourth-order valence-corrected chi connectivity index (χ4v) is 0. The molecule has 0 saturated carbocycles. The molecule has 0 spiro atoms. The van der Waals surface area contributed by atoms with Crippen LogP contribution in [0.15, 0.2) is 0 Å². The molecular weight excluding hydrogens is 159 g/mol. The van der Waals surface area contributed by atoms with Gasteiger partial charge in [0.25, 0.3) is 0 Å². The minimum atomic E-state index is 0. The Hall–Kier alpha value is 0.759. The molecule has 0 unspecified atom stereocenters. The number of rotatable bonds is 0. The Morgan fingerprint density at radius 3 is 1.75 bits per heavy atom. The van der Waals surface area contributed by atoms with Gasteiger partial charge in [-0.05, 0) is 0 Å².